The molecule has 2 unspecified atom stereocenters. The fourth-order valence-electron chi connectivity index (χ4n) is 2.23. The lowest BCUT2D eigenvalue weighted by Gasteiger charge is -2.17. The van der Waals surface area contributed by atoms with Crippen molar-refractivity contribution < 1.29 is 14.3 Å². The third kappa shape index (κ3) is 4.81. The minimum absolute atomic E-state index is 0.105. The second kappa shape index (κ2) is 8.30. The highest BCUT2D eigenvalue weighted by molar-refractivity contribution is 5.96. The number of nitrogens with two attached hydrogens (primary N) is 2. The molecule has 0 fully saturated rings. The Morgan fingerprint density at radius 2 is 1.76 bits per heavy atom. The minimum atomic E-state index is -0.557. The fraction of sp³-hybridized carbons (Fsp3) is 0.263. The summed E-state index contributed by atoms with van der Waals surface area (Å²) >= 11 is 0. The molecule has 6 nitrogen and oxygen atoms in total. The van der Waals surface area contributed by atoms with Crippen LogP contribution in [0.5, 0.6) is 11.5 Å². The van der Waals surface area contributed by atoms with Gasteiger partial charge in [-0.05, 0) is 42.3 Å². The predicted molar refractivity (Wildman–Crippen MR) is 97.5 cm³/mol. The van der Waals surface area contributed by atoms with Crippen LogP contribution in [0.1, 0.15) is 30.6 Å². The molecule has 2 aromatic carbocycles. The second-order valence-electron chi connectivity index (χ2n) is 5.89. The van der Waals surface area contributed by atoms with E-state index in [0.29, 0.717) is 22.7 Å². The van der Waals surface area contributed by atoms with Crippen molar-refractivity contribution in [3.63, 3.8) is 0 Å². The molecule has 2 atom stereocenters. The molecular weight excluding hydrogens is 318 g/mol. The maximum atomic E-state index is 12.1. The monoisotopic (exact) mass is 341 g/mol. The van der Waals surface area contributed by atoms with Crippen molar-refractivity contribution in [1.82, 2.24) is 0 Å². The van der Waals surface area contributed by atoms with Crippen LogP contribution in [0.2, 0.25) is 0 Å². The van der Waals surface area contributed by atoms with E-state index < -0.39 is 11.9 Å². The van der Waals surface area contributed by atoms with Gasteiger partial charge < -0.3 is 21.5 Å². The van der Waals surface area contributed by atoms with Gasteiger partial charge in [0.05, 0.1) is 11.6 Å². The van der Waals surface area contributed by atoms with Crippen molar-refractivity contribution in [3.05, 3.63) is 54.1 Å². The van der Waals surface area contributed by atoms with Crippen LogP contribution in [0.25, 0.3) is 0 Å². The summed E-state index contributed by atoms with van der Waals surface area (Å²) in [7, 11) is 0. The minimum Gasteiger partial charge on any atom is -0.457 e. The van der Waals surface area contributed by atoms with Gasteiger partial charge in [-0.2, -0.15) is 0 Å². The Labute approximate surface area is 147 Å². The molecule has 2 amide bonds. The van der Waals surface area contributed by atoms with Crippen molar-refractivity contribution in [1.29, 1.82) is 0 Å². The zero-order valence-electron chi connectivity index (χ0n) is 14.4. The Hall–Kier alpha value is -2.86. The van der Waals surface area contributed by atoms with Crippen molar-refractivity contribution in [2.75, 3.05) is 5.32 Å². The van der Waals surface area contributed by atoms with Gasteiger partial charge in [-0.15, -0.1) is 0 Å². The van der Waals surface area contributed by atoms with Crippen molar-refractivity contribution >= 4 is 17.5 Å². The number of primary amides is 1. The number of benzene rings is 2. The van der Waals surface area contributed by atoms with E-state index in [1.165, 1.54) is 0 Å². The van der Waals surface area contributed by atoms with E-state index in [0.717, 1.165) is 6.42 Å². The molecule has 0 aliphatic rings. The van der Waals surface area contributed by atoms with Crippen LogP contribution in [0.3, 0.4) is 0 Å². The number of para-hydroxylation sites is 1. The normalized spacial score (nSPS) is 12.9. The standard InChI is InChI=1S/C19H23N3O3/c1-3-12(2)17(20)19(24)22-13-8-10-14(11-9-13)25-16-7-5-4-6-15(16)18(21)23/h4-12,17H,3,20H2,1-2H3,(H2,21,23)(H,22,24). The van der Waals surface area contributed by atoms with Gasteiger partial charge in [0.25, 0.3) is 5.91 Å². The highest BCUT2D eigenvalue weighted by Crippen LogP contribution is 2.26. The summed E-state index contributed by atoms with van der Waals surface area (Å²) in [5.41, 5.74) is 12.2. The van der Waals surface area contributed by atoms with Gasteiger partial charge in [0.1, 0.15) is 11.5 Å². The number of carbonyl (C=O) groups excluding carboxylic acids is 2. The van der Waals surface area contributed by atoms with E-state index in [2.05, 4.69) is 5.32 Å². The number of hydrogen-bond donors (Lipinski definition) is 3. The number of hydrogen-bond acceptors (Lipinski definition) is 4. The lowest BCUT2D eigenvalue weighted by atomic mass is 9.99. The topological polar surface area (TPSA) is 107 Å². The molecule has 0 aliphatic heterocycles. The molecule has 132 valence electrons. The first-order valence-electron chi connectivity index (χ1n) is 8.15. The number of anilines is 1. The Morgan fingerprint density at radius 1 is 1.12 bits per heavy atom. The van der Waals surface area contributed by atoms with Gasteiger partial charge in [0.15, 0.2) is 0 Å². The summed E-state index contributed by atoms with van der Waals surface area (Å²) in [6.45, 7) is 3.94. The summed E-state index contributed by atoms with van der Waals surface area (Å²) in [5, 5.41) is 2.78. The molecule has 5 N–H and O–H groups in total. The molecule has 6 heteroatoms. The molecule has 2 aromatic rings. The average molecular weight is 341 g/mol. The van der Waals surface area contributed by atoms with E-state index >= 15 is 0 Å². The maximum absolute atomic E-state index is 12.1. The molecule has 0 spiro atoms. The lowest BCUT2D eigenvalue weighted by Crippen LogP contribution is -2.40. The van der Waals surface area contributed by atoms with Crippen LogP contribution in [0.15, 0.2) is 48.5 Å². The molecular formula is C19H23N3O3. The molecule has 0 aliphatic carbocycles. The van der Waals surface area contributed by atoms with Crippen LogP contribution in [-0.4, -0.2) is 17.9 Å². The highest BCUT2D eigenvalue weighted by Gasteiger charge is 2.19. The van der Waals surface area contributed by atoms with Crippen molar-refractivity contribution in [3.8, 4) is 11.5 Å². The smallest absolute Gasteiger partial charge is 0.252 e. The number of ether oxygens (including phenoxy) is 1. The van der Waals surface area contributed by atoms with E-state index in [4.69, 9.17) is 16.2 Å². The van der Waals surface area contributed by atoms with E-state index in [1.807, 2.05) is 13.8 Å². The molecule has 0 aromatic heterocycles. The van der Waals surface area contributed by atoms with Crippen LogP contribution in [0, 0.1) is 5.92 Å². The van der Waals surface area contributed by atoms with E-state index in [-0.39, 0.29) is 11.8 Å². The second-order valence-corrected chi connectivity index (χ2v) is 5.89. The summed E-state index contributed by atoms with van der Waals surface area (Å²) in [5.74, 6) is 0.233. The molecule has 0 saturated heterocycles. The maximum Gasteiger partial charge on any atom is 0.252 e. The number of nitrogens with one attached hydrogen (secondary N) is 1. The molecule has 0 radical (unpaired) electrons. The SMILES string of the molecule is CCC(C)C(N)C(=O)Nc1ccc(Oc2ccccc2C(N)=O)cc1. The molecule has 0 bridgehead atoms. The van der Waals surface area contributed by atoms with Crippen molar-refractivity contribution in [2.24, 2.45) is 17.4 Å². The molecule has 0 saturated carbocycles. The zero-order valence-corrected chi connectivity index (χ0v) is 14.4. The highest BCUT2D eigenvalue weighted by atomic mass is 16.5. The third-order valence-electron chi connectivity index (χ3n) is 4.06. The quantitative estimate of drug-likeness (QED) is 0.719. The Kier molecular flexibility index (Phi) is 6.14. The van der Waals surface area contributed by atoms with Gasteiger partial charge >= 0.3 is 0 Å². The van der Waals surface area contributed by atoms with Gasteiger partial charge in [-0.3, -0.25) is 9.59 Å². The van der Waals surface area contributed by atoms with Gasteiger partial charge in [-0.1, -0.05) is 32.4 Å². The van der Waals surface area contributed by atoms with Gasteiger partial charge in [-0.25, -0.2) is 0 Å². The first-order valence-corrected chi connectivity index (χ1v) is 8.15. The fourth-order valence-corrected chi connectivity index (χ4v) is 2.23. The van der Waals surface area contributed by atoms with Crippen LogP contribution < -0.4 is 21.5 Å². The van der Waals surface area contributed by atoms with Crippen LogP contribution in [0.4, 0.5) is 5.69 Å². The summed E-state index contributed by atoms with van der Waals surface area (Å²) in [4.78, 5) is 23.5. The van der Waals surface area contributed by atoms with E-state index in [1.54, 1.807) is 48.5 Å². The largest absolute Gasteiger partial charge is 0.457 e. The predicted octanol–water partition coefficient (Wildman–Crippen LogP) is 2.89. The van der Waals surface area contributed by atoms with Crippen molar-refractivity contribution in [2.45, 2.75) is 26.3 Å². The summed E-state index contributed by atoms with van der Waals surface area (Å²) < 4.78 is 5.70. The lowest BCUT2D eigenvalue weighted by molar-refractivity contribution is -0.118. The third-order valence-corrected chi connectivity index (χ3v) is 4.06. The first-order chi connectivity index (χ1) is 11.9. The van der Waals surface area contributed by atoms with Gasteiger partial charge in [0, 0.05) is 5.69 Å². The Bertz CT molecular complexity index is 744. The molecule has 0 heterocycles. The van der Waals surface area contributed by atoms with Gasteiger partial charge in [0.2, 0.25) is 5.91 Å². The van der Waals surface area contributed by atoms with Crippen LogP contribution in [-0.2, 0) is 4.79 Å². The Balaban J connectivity index is 2.06. The Morgan fingerprint density at radius 3 is 2.36 bits per heavy atom. The summed E-state index contributed by atoms with van der Waals surface area (Å²) in [6.07, 6.45) is 0.834. The van der Waals surface area contributed by atoms with Crippen LogP contribution >= 0.6 is 0 Å². The number of rotatable bonds is 7. The average Bonchev–Trinajstić information content (AvgIpc) is 2.62. The molecule has 25 heavy (non-hydrogen) atoms. The van der Waals surface area contributed by atoms with E-state index in [9.17, 15) is 9.59 Å². The first kappa shape index (κ1) is 18.5. The number of amides is 2. The number of carbonyl (C=O) groups is 2. The zero-order chi connectivity index (χ0) is 18.4. The molecule has 2 rings (SSSR count). The summed E-state index contributed by atoms with van der Waals surface area (Å²) in [6, 6.07) is 13.0.